The van der Waals surface area contributed by atoms with Gasteiger partial charge in [0.05, 0.1) is 19.1 Å². The van der Waals surface area contributed by atoms with E-state index >= 15 is 0 Å². The molecule has 0 saturated heterocycles. The Morgan fingerprint density at radius 3 is 2.41 bits per heavy atom. The predicted molar refractivity (Wildman–Crippen MR) is 89.0 cm³/mol. The van der Waals surface area contributed by atoms with Gasteiger partial charge < -0.3 is 10.1 Å². The number of carbonyl (C=O) groups excluding carboxylic acids is 1. The summed E-state index contributed by atoms with van der Waals surface area (Å²) in [4.78, 5) is 12.6. The van der Waals surface area contributed by atoms with Crippen molar-refractivity contribution in [1.82, 2.24) is 5.32 Å². The molecule has 116 valence electrons. The second-order valence-electron chi connectivity index (χ2n) is 5.38. The lowest BCUT2D eigenvalue weighted by atomic mass is 9.95. The number of carbonyl (C=O) groups is 1. The van der Waals surface area contributed by atoms with Crippen LogP contribution in [-0.2, 0) is 4.79 Å². The average molecular weight is 297 g/mol. The molecule has 0 fully saturated rings. The maximum absolute atomic E-state index is 12.6. The van der Waals surface area contributed by atoms with Gasteiger partial charge in [-0.05, 0) is 36.6 Å². The number of ether oxygens (including phenoxy) is 1. The van der Waals surface area contributed by atoms with Gasteiger partial charge in [-0.25, -0.2) is 0 Å². The number of hydrogen-bond acceptors (Lipinski definition) is 2. The van der Waals surface area contributed by atoms with E-state index in [4.69, 9.17) is 4.74 Å². The van der Waals surface area contributed by atoms with Crippen LogP contribution < -0.4 is 10.1 Å². The number of amides is 1. The molecular formula is C19H23NO2. The highest BCUT2D eigenvalue weighted by atomic mass is 16.5. The van der Waals surface area contributed by atoms with E-state index < -0.39 is 0 Å². The molecule has 0 aliphatic rings. The van der Waals surface area contributed by atoms with Gasteiger partial charge in [0.25, 0.3) is 0 Å². The number of benzene rings is 2. The second kappa shape index (κ2) is 7.64. The minimum atomic E-state index is -0.116. The van der Waals surface area contributed by atoms with Crippen molar-refractivity contribution in [2.45, 2.75) is 32.2 Å². The lowest BCUT2D eigenvalue weighted by Crippen LogP contribution is -2.31. The molecule has 0 heterocycles. The standard InChI is InChI=1S/C19H23NO2/c1-4-18(15-9-6-5-7-10-15)19(21)20-14(2)16-11-8-12-17(13-16)22-3/h5-14,18H,4H2,1-3H3,(H,20,21)/t14-,18+/m1/s1. The summed E-state index contributed by atoms with van der Waals surface area (Å²) < 4.78 is 5.24. The second-order valence-corrected chi connectivity index (χ2v) is 5.38. The minimum absolute atomic E-state index is 0.0552. The van der Waals surface area contributed by atoms with Crippen LogP contribution in [0.4, 0.5) is 0 Å². The summed E-state index contributed by atoms with van der Waals surface area (Å²) in [5.41, 5.74) is 2.09. The number of methoxy groups -OCH3 is 1. The summed E-state index contributed by atoms with van der Waals surface area (Å²) in [6.07, 6.45) is 0.778. The molecule has 0 aromatic heterocycles. The Kier molecular flexibility index (Phi) is 5.59. The molecule has 2 aromatic carbocycles. The minimum Gasteiger partial charge on any atom is -0.497 e. The lowest BCUT2D eigenvalue weighted by Gasteiger charge is -2.20. The van der Waals surface area contributed by atoms with Crippen molar-refractivity contribution in [3.05, 3.63) is 65.7 Å². The van der Waals surface area contributed by atoms with Crippen molar-refractivity contribution in [2.24, 2.45) is 0 Å². The van der Waals surface area contributed by atoms with E-state index in [1.54, 1.807) is 7.11 Å². The number of hydrogen-bond donors (Lipinski definition) is 1. The maximum Gasteiger partial charge on any atom is 0.228 e. The number of nitrogens with one attached hydrogen (secondary N) is 1. The molecule has 0 radical (unpaired) electrons. The molecule has 0 saturated carbocycles. The third-order valence-electron chi connectivity index (χ3n) is 3.88. The van der Waals surface area contributed by atoms with Gasteiger partial charge in [-0.15, -0.1) is 0 Å². The van der Waals surface area contributed by atoms with Gasteiger partial charge in [-0.1, -0.05) is 49.4 Å². The highest BCUT2D eigenvalue weighted by molar-refractivity contribution is 5.83. The first-order chi connectivity index (χ1) is 10.7. The van der Waals surface area contributed by atoms with Crippen LogP contribution in [0.5, 0.6) is 5.75 Å². The van der Waals surface area contributed by atoms with Gasteiger partial charge in [-0.3, -0.25) is 4.79 Å². The Balaban J connectivity index is 2.09. The lowest BCUT2D eigenvalue weighted by molar-refractivity contribution is -0.123. The fourth-order valence-corrected chi connectivity index (χ4v) is 2.57. The molecule has 3 heteroatoms. The molecule has 3 nitrogen and oxygen atoms in total. The summed E-state index contributed by atoms with van der Waals surface area (Å²) in [7, 11) is 1.64. The van der Waals surface area contributed by atoms with E-state index in [2.05, 4.69) is 5.32 Å². The Morgan fingerprint density at radius 2 is 1.77 bits per heavy atom. The highest BCUT2D eigenvalue weighted by Crippen LogP contribution is 2.23. The van der Waals surface area contributed by atoms with Crippen molar-refractivity contribution in [3.63, 3.8) is 0 Å². The normalized spacial score (nSPS) is 13.2. The molecule has 2 atom stereocenters. The fourth-order valence-electron chi connectivity index (χ4n) is 2.57. The largest absolute Gasteiger partial charge is 0.497 e. The molecule has 0 spiro atoms. The van der Waals surface area contributed by atoms with Gasteiger partial charge in [0.15, 0.2) is 0 Å². The zero-order valence-electron chi connectivity index (χ0n) is 13.4. The molecule has 0 aliphatic heterocycles. The molecule has 1 amide bonds. The van der Waals surface area contributed by atoms with Gasteiger partial charge in [0, 0.05) is 0 Å². The van der Waals surface area contributed by atoms with E-state index in [1.807, 2.05) is 68.4 Å². The smallest absolute Gasteiger partial charge is 0.228 e. The van der Waals surface area contributed by atoms with Gasteiger partial charge in [0.2, 0.25) is 5.91 Å². The summed E-state index contributed by atoms with van der Waals surface area (Å²) >= 11 is 0. The molecular weight excluding hydrogens is 274 g/mol. The number of rotatable bonds is 6. The highest BCUT2D eigenvalue weighted by Gasteiger charge is 2.20. The van der Waals surface area contributed by atoms with Gasteiger partial charge in [0.1, 0.15) is 5.75 Å². The SMILES string of the molecule is CC[C@H](C(=O)N[C@H](C)c1cccc(OC)c1)c1ccccc1. The summed E-state index contributed by atoms with van der Waals surface area (Å²) in [5.74, 6) is 0.743. The first-order valence-corrected chi connectivity index (χ1v) is 7.65. The maximum atomic E-state index is 12.6. The van der Waals surface area contributed by atoms with Crippen molar-refractivity contribution in [1.29, 1.82) is 0 Å². The van der Waals surface area contributed by atoms with E-state index in [9.17, 15) is 4.79 Å². The predicted octanol–water partition coefficient (Wildman–Crippen LogP) is 4.07. The Labute approximate surface area is 132 Å². The van der Waals surface area contributed by atoms with E-state index in [0.717, 1.165) is 23.3 Å². The zero-order valence-corrected chi connectivity index (χ0v) is 13.4. The van der Waals surface area contributed by atoms with Crippen LogP contribution in [-0.4, -0.2) is 13.0 Å². The van der Waals surface area contributed by atoms with Gasteiger partial charge in [-0.2, -0.15) is 0 Å². The molecule has 0 unspecified atom stereocenters. The molecule has 0 bridgehead atoms. The Hall–Kier alpha value is -2.29. The zero-order chi connectivity index (χ0) is 15.9. The van der Waals surface area contributed by atoms with Crippen LogP contribution in [0.3, 0.4) is 0 Å². The summed E-state index contributed by atoms with van der Waals surface area (Å²) in [6, 6.07) is 17.6. The third-order valence-corrected chi connectivity index (χ3v) is 3.88. The van der Waals surface area contributed by atoms with E-state index in [1.165, 1.54) is 0 Å². The Morgan fingerprint density at radius 1 is 1.09 bits per heavy atom. The summed E-state index contributed by atoms with van der Waals surface area (Å²) in [5, 5.41) is 3.10. The molecule has 0 aliphatic carbocycles. The van der Waals surface area contributed by atoms with Crippen molar-refractivity contribution >= 4 is 5.91 Å². The molecule has 22 heavy (non-hydrogen) atoms. The summed E-state index contributed by atoms with van der Waals surface area (Å²) in [6.45, 7) is 4.03. The monoisotopic (exact) mass is 297 g/mol. The molecule has 2 aromatic rings. The van der Waals surface area contributed by atoms with Crippen molar-refractivity contribution in [2.75, 3.05) is 7.11 Å². The van der Waals surface area contributed by atoms with Crippen LogP contribution in [0, 0.1) is 0 Å². The van der Waals surface area contributed by atoms with Crippen molar-refractivity contribution in [3.8, 4) is 5.75 Å². The van der Waals surface area contributed by atoms with Gasteiger partial charge >= 0.3 is 0 Å². The van der Waals surface area contributed by atoms with E-state index in [-0.39, 0.29) is 17.9 Å². The van der Waals surface area contributed by atoms with Crippen LogP contribution in [0.15, 0.2) is 54.6 Å². The fraction of sp³-hybridized carbons (Fsp3) is 0.316. The first-order valence-electron chi connectivity index (χ1n) is 7.65. The Bertz CT molecular complexity index is 610. The first kappa shape index (κ1) is 16.1. The average Bonchev–Trinajstić information content (AvgIpc) is 2.56. The van der Waals surface area contributed by atoms with Crippen LogP contribution >= 0.6 is 0 Å². The van der Waals surface area contributed by atoms with Crippen LogP contribution in [0.25, 0.3) is 0 Å². The third kappa shape index (κ3) is 3.88. The van der Waals surface area contributed by atoms with Crippen molar-refractivity contribution < 1.29 is 9.53 Å². The quantitative estimate of drug-likeness (QED) is 0.873. The van der Waals surface area contributed by atoms with Crippen LogP contribution in [0.1, 0.15) is 43.4 Å². The molecule has 1 N–H and O–H groups in total. The topological polar surface area (TPSA) is 38.3 Å². The molecule has 2 rings (SSSR count). The van der Waals surface area contributed by atoms with E-state index in [0.29, 0.717) is 0 Å². The van der Waals surface area contributed by atoms with Crippen LogP contribution in [0.2, 0.25) is 0 Å².